The minimum Gasteiger partial charge on any atom is -0.358 e. The van der Waals surface area contributed by atoms with Gasteiger partial charge in [0.15, 0.2) is 15.5 Å². The van der Waals surface area contributed by atoms with E-state index in [1.54, 1.807) is 30.3 Å². The molecule has 8 nitrogen and oxygen atoms in total. The fourth-order valence-electron chi connectivity index (χ4n) is 2.91. The van der Waals surface area contributed by atoms with Crippen molar-refractivity contribution >= 4 is 56.3 Å². The zero-order valence-electron chi connectivity index (χ0n) is 15.5. The number of nitrogens with zero attached hydrogens (tertiary/aromatic N) is 4. The minimum atomic E-state index is -3.90. The van der Waals surface area contributed by atoms with Gasteiger partial charge in [0.1, 0.15) is 11.9 Å². The van der Waals surface area contributed by atoms with Gasteiger partial charge in [-0.1, -0.05) is 35.0 Å². The van der Waals surface area contributed by atoms with Crippen LogP contribution in [0.15, 0.2) is 75.7 Å². The van der Waals surface area contributed by atoms with E-state index < -0.39 is 26.3 Å². The number of fused-ring (bicyclic) bond motifs is 1. The lowest BCUT2D eigenvalue weighted by Crippen LogP contribution is -2.07. The third kappa shape index (κ3) is 4.52. The van der Waals surface area contributed by atoms with E-state index in [4.69, 9.17) is 23.2 Å². The Hall–Kier alpha value is -2.66. The van der Waals surface area contributed by atoms with Gasteiger partial charge in [0.2, 0.25) is 5.65 Å². The second kappa shape index (κ2) is 8.46. The first-order valence-corrected chi connectivity index (χ1v) is 11.9. The summed E-state index contributed by atoms with van der Waals surface area (Å²) in [7, 11) is -3.90. The van der Waals surface area contributed by atoms with Gasteiger partial charge in [-0.3, -0.25) is 4.98 Å². The number of hydrogen-bond acceptors (Lipinski definition) is 7. The van der Waals surface area contributed by atoms with Crippen molar-refractivity contribution in [3.8, 4) is 0 Å². The van der Waals surface area contributed by atoms with Crippen LogP contribution in [-0.4, -0.2) is 27.7 Å². The molecule has 0 spiro atoms. The van der Waals surface area contributed by atoms with Crippen LogP contribution >= 0.6 is 35.0 Å². The Morgan fingerprint density at radius 1 is 1.13 bits per heavy atom. The standard InChI is InChI=1S/C19H12Cl2N4O4S2/c20-12-3-5-14(6-4-12)30-17-8-13(21)10-24-18(17)23-16(19(24)25(26)27)11-31(28,29)15-2-1-7-22-9-15/h1-10H,11H2. The number of sulfone groups is 1. The lowest BCUT2D eigenvalue weighted by Gasteiger charge is -2.03. The summed E-state index contributed by atoms with van der Waals surface area (Å²) < 4.78 is 26.7. The number of imidazole rings is 1. The van der Waals surface area contributed by atoms with E-state index in [0.29, 0.717) is 9.92 Å². The summed E-state index contributed by atoms with van der Waals surface area (Å²) in [5.74, 6) is -1.11. The van der Waals surface area contributed by atoms with Gasteiger partial charge in [-0.2, -0.15) is 4.40 Å². The molecule has 0 fully saturated rings. The van der Waals surface area contributed by atoms with E-state index in [-0.39, 0.29) is 21.3 Å². The van der Waals surface area contributed by atoms with Crippen LogP contribution in [0.5, 0.6) is 0 Å². The molecule has 0 aliphatic rings. The molecule has 4 rings (SSSR count). The molecular weight excluding hydrogens is 483 g/mol. The maximum absolute atomic E-state index is 12.8. The Labute approximate surface area is 190 Å². The van der Waals surface area contributed by atoms with Crippen LogP contribution in [0.4, 0.5) is 5.82 Å². The van der Waals surface area contributed by atoms with Crippen LogP contribution in [0.3, 0.4) is 0 Å². The number of nitro groups is 1. The Balaban J connectivity index is 1.84. The number of halogens is 2. The van der Waals surface area contributed by atoms with Crippen molar-refractivity contribution in [1.82, 2.24) is 14.4 Å². The van der Waals surface area contributed by atoms with E-state index in [1.165, 1.54) is 46.9 Å². The lowest BCUT2D eigenvalue weighted by molar-refractivity contribution is -0.391. The Morgan fingerprint density at radius 3 is 2.52 bits per heavy atom. The molecule has 0 aliphatic carbocycles. The molecule has 1 aromatic carbocycles. The van der Waals surface area contributed by atoms with Crippen LogP contribution in [0.2, 0.25) is 10.0 Å². The Kier molecular flexibility index (Phi) is 5.89. The zero-order chi connectivity index (χ0) is 22.2. The van der Waals surface area contributed by atoms with Gasteiger partial charge < -0.3 is 10.1 Å². The average molecular weight is 495 g/mol. The highest BCUT2D eigenvalue weighted by Gasteiger charge is 2.30. The topological polar surface area (TPSA) is 107 Å². The molecule has 0 saturated carbocycles. The normalized spacial score (nSPS) is 11.7. The van der Waals surface area contributed by atoms with Crippen molar-refractivity contribution in [3.63, 3.8) is 0 Å². The molecule has 0 bridgehead atoms. The summed E-state index contributed by atoms with van der Waals surface area (Å²) in [6, 6.07) is 11.5. The van der Waals surface area contributed by atoms with Crippen LogP contribution in [0.25, 0.3) is 5.65 Å². The Morgan fingerprint density at radius 2 is 1.87 bits per heavy atom. The van der Waals surface area contributed by atoms with Gasteiger partial charge >= 0.3 is 5.82 Å². The van der Waals surface area contributed by atoms with Crippen molar-refractivity contribution in [3.05, 3.63) is 86.9 Å². The van der Waals surface area contributed by atoms with Crippen molar-refractivity contribution in [1.29, 1.82) is 0 Å². The molecule has 0 saturated heterocycles. The molecule has 0 atom stereocenters. The summed E-state index contributed by atoms with van der Waals surface area (Å²) in [5, 5.41) is 12.6. The molecule has 4 aromatic rings. The highest BCUT2D eigenvalue weighted by Crippen LogP contribution is 2.36. The maximum Gasteiger partial charge on any atom is 0.352 e. The van der Waals surface area contributed by atoms with E-state index in [2.05, 4.69) is 9.97 Å². The number of benzene rings is 1. The first kappa shape index (κ1) is 21.6. The minimum absolute atomic E-state index is 0.0462. The van der Waals surface area contributed by atoms with Gasteiger partial charge in [-0.15, -0.1) is 0 Å². The van der Waals surface area contributed by atoms with Crippen LogP contribution in [0.1, 0.15) is 5.69 Å². The predicted octanol–water partition coefficient (Wildman–Crippen LogP) is 5.07. The van der Waals surface area contributed by atoms with Gasteiger partial charge in [-0.25, -0.2) is 13.4 Å². The molecule has 0 N–H and O–H groups in total. The predicted molar refractivity (Wildman–Crippen MR) is 118 cm³/mol. The summed E-state index contributed by atoms with van der Waals surface area (Å²) in [6.07, 6.45) is 3.97. The molecule has 0 amide bonds. The van der Waals surface area contributed by atoms with Crippen molar-refractivity contribution < 1.29 is 13.3 Å². The second-order valence-electron chi connectivity index (χ2n) is 6.36. The van der Waals surface area contributed by atoms with Crippen molar-refractivity contribution in [2.45, 2.75) is 20.4 Å². The molecular formula is C19H12Cl2N4O4S2. The van der Waals surface area contributed by atoms with Gasteiger partial charge in [0.05, 0.1) is 14.8 Å². The third-order valence-corrected chi connectivity index (χ3v) is 7.33. The van der Waals surface area contributed by atoms with E-state index in [1.807, 2.05) is 0 Å². The fraction of sp³-hybridized carbons (Fsp3) is 0.0526. The first-order chi connectivity index (χ1) is 14.7. The van der Waals surface area contributed by atoms with Crippen molar-refractivity contribution in [2.24, 2.45) is 0 Å². The molecule has 3 heterocycles. The second-order valence-corrected chi connectivity index (χ2v) is 10.3. The quantitative estimate of drug-likeness (QED) is 0.272. The van der Waals surface area contributed by atoms with E-state index in [9.17, 15) is 18.5 Å². The smallest absolute Gasteiger partial charge is 0.352 e. The largest absolute Gasteiger partial charge is 0.358 e. The number of rotatable bonds is 6. The molecule has 12 heteroatoms. The van der Waals surface area contributed by atoms with Crippen LogP contribution in [-0.2, 0) is 15.6 Å². The zero-order valence-corrected chi connectivity index (χ0v) is 18.6. The molecule has 0 radical (unpaired) electrons. The first-order valence-electron chi connectivity index (χ1n) is 8.66. The molecule has 0 unspecified atom stereocenters. The highest BCUT2D eigenvalue weighted by atomic mass is 35.5. The monoisotopic (exact) mass is 494 g/mol. The molecule has 158 valence electrons. The molecule has 3 aromatic heterocycles. The van der Waals surface area contributed by atoms with E-state index in [0.717, 1.165) is 4.90 Å². The summed E-state index contributed by atoms with van der Waals surface area (Å²) in [4.78, 5) is 20.6. The van der Waals surface area contributed by atoms with Gasteiger partial charge in [0.25, 0.3) is 0 Å². The van der Waals surface area contributed by atoms with Gasteiger partial charge in [0, 0.05) is 22.3 Å². The maximum atomic E-state index is 12.8. The Bertz CT molecular complexity index is 1390. The third-order valence-electron chi connectivity index (χ3n) is 4.23. The summed E-state index contributed by atoms with van der Waals surface area (Å²) in [5.41, 5.74) is 0.0431. The molecule has 0 aliphatic heterocycles. The number of pyridine rings is 2. The van der Waals surface area contributed by atoms with Gasteiger partial charge in [-0.05, 0) is 47.4 Å². The lowest BCUT2D eigenvalue weighted by atomic mass is 10.4. The summed E-state index contributed by atoms with van der Waals surface area (Å²) >= 11 is 13.4. The van der Waals surface area contributed by atoms with Crippen LogP contribution in [0, 0.1) is 10.1 Å². The average Bonchev–Trinajstić information content (AvgIpc) is 3.07. The van der Waals surface area contributed by atoms with Crippen LogP contribution < -0.4 is 0 Å². The SMILES string of the molecule is O=[N+]([O-])c1c(CS(=O)(=O)c2cccnc2)nc2c(Sc3ccc(Cl)cc3)cc(Cl)cn12. The van der Waals surface area contributed by atoms with Crippen molar-refractivity contribution in [2.75, 3.05) is 0 Å². The number of hydrogen-bond donors (Lipinski definition) is 0. The van der Waals surface area contributed by atoms with E-state index >= 15 is 0 Å². The highest BCUT2D eigenvalue weighted by molar-refractivity contribution is 7.99. The fourth-order valence-corrected chi connectivity index (χ4v) is 5.48. The summed E-state index contributed by atoms with van der Waals surface area (Å²) in [6.45, 7) is 0. The molecule has 31 heavy (non-hydrogen) atoms. The number of aromatic nitrogens is 3.